The van der Waals surface area contributed by atoms with Gasteiger partial charge in [-0.1, -0.05) is 35.0 Å². The Hall–Kier alpha value is -1.13. The molecule has 19 heavy (non-hydrogen) atoms. The summed E-state index contributed by atoms with van der Waals surface area (Å²) in [4.78, 5) is 0. The molecule has 4 heteroatoms. The van der Waals surface area contributed by atoms with E-state index in [1.165, 1.54) is 16.7 Å². The molecule has 1 N–H and O–H groups in total. The lowest BCUT2D eigenvalue weighted by Gasteiger charge is -2.19. The number of rotatable bonds is 5. The van der Waals surface area contributed by atoms with Crippen molar-refractivity contribution >= 4 is 15.9 Å². The van der Waals surface area contributed by atoms with Gasteiger partial charge in [-0.25, -0.2) is 0 Å². The van der Waals surface area contributed by atoms with Crippen molar-refractivity contribution < 1.29 is 0 Å². The van der Waals surface area contributed by atoms with Crippen molar-refractivity contribution in [1.82, 2.24) is 15.1 Å². The molecule has 1 aromatic heterocycles. The lowest BCUT2D eigenvalue weighted by molar-refractivity contribution is 0.596. The molecule has 102 valence electrons. The van der Waals surface area contributed by atoms with Gasteiger partial charge < -0.3 is 5.32 Å². The molecule has 0 saturated heterocycles. The second-order valence-electron chi connectivity index (χ2n) is 4.86. The maximum Gasteiger partial charge on any atom is 0.0619 e. The van der Waals surface area contributed by atoms with E-state index in [4.69, 9.17) is 0 Å². The molecule has 2 rings (SSSR count). The average Bonchev–Trinajstić information content (AvgIpc) is 2.78. The highest BCUT2D eigenvalue weighted by atomic mass is 79.9. The van der Waals surface area contributed by atoms with Crippen LogP contribution in [0.3, 0.4) is 0 Å². The Balaban J connectivity index is 2.36. The van der Waals surface area contributed by atoms with Gasteiger partial charge in [-0.3, -0.25) is 4.68 Å². The van der Waals surface area contributed by atoms with Crippen molar-refractivity contribution in [1.29, 1.82) is 0 Å². The fourth-order valence-electron chi connectivity index (χ4n) is 2.15. The Kier molecular flexibility index (Phi) is 4.77. The first kappa shape index (κ1) is 14.3. The number of halogens is 1. The van der Waals surface area contributed by atoms with Crippen LogP contribution in [0.2, 0.25) is 0 Å². The summed E-state index contributed by atoms with van der Waals surface area (Å²) in [6.07, 6.45) is 5.11. The van der Waals surface area contributed by atoms with Crippen LogP contribution >= 0.6 is 15.9 Å². The van der Waals surface area contributed by atoms with E-state index in [1.807, 2.05) is 17.9 Å². The maximum atomic E-state index is 4.28. The van der Waals surface area contributed by atoms with Crippen LogP contribution in [-0.4, -0.2) is 16.3 Å². The molecule has 1 heterocycles. The summed E-state index contributed by atoms with van der Waals surface area (Å²) in [7, 11) is 1.95. The van der Waals surface area contributed by atoms with E-state index in [0.29, 0.717) is 0 Å². The molecule has 0 aliphatic carbocycles. The summed E-state index contributed by atoms with van der Waals surface area (Å²) in [5, 5.41) is 7.87. The van der Waals surface area contributed by atoms with Crippen LogP contribution in [0.4, 0.5) is 0 Å². The zero-order chi connectivity index (χ0) is 13.8. The minimum Gasteiger partial charge on any atom is -0.306 e. The predicted octanol–water partition coefficient (Wildman–Crippen LogP) is 3.58. The zero-order valence-electron chi connectivity index (χ0n) is 11.7. The van der Waals surface area contributed by atoms with Crippen LogP contribution in [0.25, 0.3) is 0 Å². The van der Waals surface area contributed by atoms with E-state index in [0.717, 1.165) is 17.4 Å². The molecule has 0 radical (unpaired) electrons. The second kappa shape index (κ2) is 6.35. The fourth-order valence-corrected chi connectivity index (χ4v) is 2.87. The van der Waals surface area contributed by atoms with Crippen molar-refractivity contribution in [3.8, 4) is 0 Å². The topological polar surface area (TPSA) is 29.9 Å². The van der Waals surface area contributed by atoms with Crippen molar-refractivity contribution in [3.63, 3.8) is 0 Å². The number of aromatic nitrogens is 2. The molecular weight excluding hydrogens is 302 g/mol. The van der Waals surface area contributed by atoms with E-state index >= 15 is 0 Å². The van der Waals surface area contributed by atoms with Crippen LogP contribution in [0.15, 0.2) is 35.1 Å². The quantitative estimate of drug-likeness (QED) is 0.912. The molecule has 2 aromatic rings. The van der Waals surface area contributed by atoms with Crippen molar-refractivity contribution in [2.75, 3.05) is 6.54 Å². The van der Waals surface area contributed by atoms with Gasteiger partial charge in [-0.05, 0) is 37.1 Å². The van der Waals surface area contributed by atoms with Gasteiger partial charge >= 0.3 is 0 Å². The predicted molar refractivity (Wildman–Crippen MR) is 82.2 cm³/mol. The molecule has 0 fully saturated rings. The van der Waals surface area contributed by atoms with E-state index in [2.05, 4.69) is 64.6 Å². The molecule has 1 atom stereocenters. The van der Waals surface area contributed by atoms with Gasteiger partial charge in [0, 0.05) is 23.3 Å². The van der Waals surface area contributed by atoms with Crippen molar-refractivity contribution in [3.05, 3.63) is 51.8 Å². The Bertz CT molecular complexity index is 548. The Morgan fingerprint density at radius 2 is 2.21 bits per heavy atom. The average molecular weight is 322 g/mol. The summed E-state index contributed by atoms with van der Waals surface area (Å²) < 4.78 is 2.99. The molecule has 0 bridgehead atoms. The number of hydrogen-bond acceptors (Lipinski definition) is 2. The largest absolute Gasteiger partial charge is 0.306 e. The highest BCUT2D eigenvalue weighted by Crippen LogP contribution is 2.29. The normalized spacial score (nSPS) is 12.6. The van der Waals surface area contributed by atoms with E-state index in [9.17, 15) is 0 Å². The van der Waals surface area contributed by atoms with Crippen LogP contribution < -0.4 is 5.32 Å². The molecule has 1 aromatic carbocycles. The van der Waals surface area contributed by atoms with Crippen LogP contribution in [-0.2, 0) is 7.05 Å². The van der Waals surface area contributed by atoms with Crippen LogP contribution in [0.1, 0.15) is 36.1 Å². The summed E-state index contributed by atoms with van der Waals surface area (Å²) in [5.74, 6) is 0. The zero-order valence-corrected chi connectivity index (χ0v) is 13.2. The molecule has 0 amide bonds. The number of nitrogens with zero attached hydrogens (tertiary/aromatic N) is 2. The van der Waals surface area contributed by atoms with E-state index < -0.39 is 0 Å². The number of nitrogens with one attached hydrogen (secondary N) is 1. The minimum absolute atomic E-state index is 0.184. The molecule has 3 nitrogen and oxygen atoms in total. The highest BCUT2D eigenvalue weighted by molar-refractivity contribution is 9.10. The third kappa shape index (κ3) is 3.45. The monoisotopic (exact) mass is 321 g/mol. The van der Waals surface area contributed by atoms with E-state index in [1.54, 1.807) is 0 Å². The van der Waals surface area contributed by atoms with Gasteiger partial charge in [0.1, 0.15) is 0 Å². The Morgan fingerprint density at radius 3 is 2.79 bits per heavy atom. The second-order valence-corrected chi connectivity index (χ2v) is 5.71. The standard InChI is InChI=1S/C15H20BrN3/c1-4-7-17-15(12-9-18-19(3)10-12)13-6-5-11(2)8-14(13)16/h5-6,8-10,15,17H,4,7H2,1-3H3. The Labute approximate surface area is 123 Å². The summed E-state index contributed by atoms with van der Waals surface area (Å²) in [6, 6.07) is 6.67. The molecule has 0 spiro atoms. The van der Waals surface area contributed by atoms with Gasteiger partial charge in [0.25, 0.3) is 0 Å². The van der Waals surface area contributed by atoms with Gasteiger partial charge in [0.05, 0.1) is 12.2 Å². The van der Waals surface area contributed by atoms with Gasteiger partial charge in [0.15, 0.2) is 0 Å². The third-order valence-corrected chi connectivity index (χ3v) is 3.81. The van der Waals surface area contributed by atoms with Gasteiger partial charge in [-0.2, -0.15) is 5.10 Å². The van der Waals surface area contributed by atoms with E-state index in [-0.39, 0.29) is 6.04 Å². The summed E-state index contributed by atoms with van der Waals surface area (Å²) >= 11 is 3.68. The Morgan fingerprint density at radius 1 is 1.42 bits per heavy atom. The fraction of sp³-hybridized carbons (Fsp3) is 0.400. The van der Waals surface area contributed by atoms with Gasteiger partial charge in [0.2, 0.25) is 0 Å². The first-order chi connectivity index (χ1) is 9.11. The molecule has 0 saturated carbocycles. The first-order valence-electron chi connectivity index (χ1n) is 6.59. The number of aryl methyl sites for hydroxylation is 2. The van der Waals surface area contributed by atoms with Crippen LogP contribution in [0.5, 0.6) is 0 Å². The first-order valence-corrected chi connectivity index (χ1v) is 7.39. The maximum absolute atomic E-state index is 4.28. The molecular formula is C15H20BrN3. The SMILES string of the molecule is CCCNC(c1cnn(C)c1)c1ccc(C)cc1Br. The highest BCUT2D eigenvalue weighted by Gasteiger charge is 2.17. The summed E-state index contributed by atoms with van der Waals surface area (Å²) in [6.45, 7) is 5.27. The lowest BCUT2D eigenvalue weighted by Crippen LogP contribution is -2.23. The number of hydrogen-bond donors (Lipinski definition) is 1. The smallest absolute Gasteiger partial charge is 0.0619 e. The summed E-state index contributed by atoms with van der Waals surface area (Å²) in [5.41, 5.74) is 3.71. The van der Waals surface area contributed by atoms with Crippen molar-refractivity contribution in [2.24, 2.45) is 7.05 Å². The minimum atomic E-state index is 0.184. The van der Waals surface area contributed by atoms with Crippen LogP contribution in [0, 0.1) is 6.92 Å². The molecule has 0 aliphatic heterocycles. The molecule has 0 aliphatic rings. The number of benzene rings is 1. The van der Waals surface area contributed by atoms with Gasteiger partial charge in [-0.15, -0.1) is 0 Å². The van der Waals surface area contributed by atoms with Crippen molar-refractivity contribution in [2.45, 2.75) is 26.3 Å². The molecule has 1 unspecified atom stereocenters. The third-order valence-electron chi connectivity index (χ3n) is 3.12. The lowest BCUT2D eigenvalue weighted by atomic mass is 10.0.